The first kappa shape index (κ1) is 10.1. The molecule has 0 spiro atoms. The minimum Gasteiger partial charge on any atom is -0.369 e. The van der Waals surface area contributed by atoms with Gasteiger partial charge in [0.15, 0.2) is 0 Å². The highest BCUT2D eigenvalue weighted by Crippen LogP contribution is 2.17. The molecule has 1 heterocycles. The number of piperazine rings is 1. The van der Waals surface area contributed by atoms with Crippen molar-refractivity contribution in [2.24, 2.45) is 0 Å². The SMILES string of the molecule is C#Cc1cccc(N2CCN(C)CC2)c1. The van der Waals surface area contributed by atoms with Gasteiger partial charge in [0.05, 0.1) is 0 Å². The van der Waals surface area contributed by atoms with Gasteiger partial charge in [0.1, 0.15) is 0 Å². The first-order chi connectivity index (χ1) is 7.29. The standard InChI is InChI=1S/C13H16N2/c1-3-12-5-4-6-13(11-12)15-9-7-14(2)8-10-15/h1,4-6,11H,7-10H2,2H3. The molecule has 78 valence electrons. The maximum absolute atomic E-state index is 5.39. The molecule has 0 aromatic heterocycles. The molecular weight excluding hydrogens is 184 g/mol. The van der Waals surface area contributed by atoms with E-state index in [-0.39, 0.29) is 0 Å². The third-order valence-electron chi connectivity index (χ3n) is 2.88. The van der Waals surface area contributed by atoms with E-state index in [0.717, 1.165) is 31.7 Å². The lowest BCUT2D eigenvalue weighted by atomic mass is 10.2. The van der Waals surface area contributed by atoms with E-state index in [4.69, 9.17) is 6.42 Å². The second kappa shape index (κ2) is 4.37. The Balaban J connectivity index is 2.12. The number of hydrogen-bond acceptors (Lipinski definition) is 2. The van der Waals surface area contributed by atoms with Crippen LogP contribution in [0.4, 0.5) is 5.69 Å². The van der Waals surface area contributed by atoms with Gasteiger partial charge in [-0.1, -0.05) is 12.0 Å². The van der Waals surface area contributed by atoms with Gasteiger partial charge in [-0.25, -0.2) is 0 Å². The van der Waals surface area contributed by atoms with Crippen molar-refractivity contribution in [1.82, 2.24) is 4.90 Å². The molecule has 0 aliphatic carbocycles. The molecule has 0 bridgehead atoms. The predicted octanol–water partition coefficient (Wildman–Crippen LogP) is 1.42. The topological polar surface area (TPSA) is 6.48 Å². The molecule has 0 radical (unpaired) electrons. The zero-order valence-electron chi connectivity index (χ0n) is 9.11. The van der Waals surface area contributed by atoms with Gasteiger partial charge in [-0.05, 0) is 25.2 Å². The van der Waals surface area contributed by atoms with Crippen molar-refractivity contribution in [2.75, 3.05) is 38.1 Å². The summed E-state index contributed by atoms with van der Waals surface area (Å²) in [6.45, 7) is 4.43. The fourth-order valence-electron chi connectivity index (χ4n) is 1.86. The Bertz CT molecular complexity index is 370. The monoisotopic (exact) mass is 200 g/mol. The summed E-state index contributed by atoms with van der Waals surface area (Å²) in [6.07, 6.45) is 5.39. The van der Waals surface area contributed by atoms with Crippen LogP contribution in [0.2, 0.25) is 0 Å². The third kappa shape index (κ3) is 2.31. The molecule has 15 heavy (non-hydrogen) atoms. The van der Waals surface area contributed by atoms with Gasteiger partial charge in [0.25, 0.3) is 0 Å². The van der Waals surface area contributed by atoms with Gasteiger partial charge in [-0.3, -0.25) is 0 Å². The van der Waals surface area contributed by atoms with E-state index < -0.39 is 0 Å². The van der Waals surface area contributed by atoms with Crippen molar-refractivity contribution in [2.45, 2.75) is 0 Å². The van der Waals surface area contributed by atoms with Crippen LogP contribution in [0.3, 0.4) is 0 Å². The van der Waals surface area contributed by atoms with Gasteiger partial charge in [-0.2, -0.15) is 0 Å². The Hall–Kier alpha value is -1.46. The van der Waals surface area contributed by atoms with Crippen molar-refractivity contribution >= 4 is 5.69 Å². The van der Waals surface area contributed by atoms with Crippen LogP contribution in [0, 0.1) is 12.3 Å². The first-order valence-corrected chi connectivity index (χ1v) is 5.30. The average Bonchev–Trinajstić information content (AvgIpc) is 2.30. The molecule has 2 heteroatoms. The minimum absolute atomic E-state index is 0.964. The van der Waals surface area contributed by atoms with Crippen LogP contribution in [0.15, 0.2) is 24.3 Å². The van der Waals surface area contributed by atoms with Crippen molar-refractivity contribution in [3.05, 3.63) is 29.8 Å². The van der Waals surface area contributed by atoms with E-state index >= 15 is 0 Å². The Labute approximate surface area is 91.5 Å². The Morgan fingerprint density at radius 3 is 2.60 bits per heavy atom. The molecular formula is C13H16N2. The number of hydrogen-bond donors (Lipinski definition) is 0. The van der Waals surface area contributed by atoms with Crippen LogP contribution in [0.5, 0.6) is 0 Å². The molecule has 0 unspecified atom stereocenters. The van der Waals surface area contributed by atoms with Crippen LogP contribution in [0.25, 0.3) is 0 Å². The lowest BCUT2D eigenvalue weighted by molar-refractivity contribution is 0.313. The molecule has 2 nitrogen and oxygen atoms in total. The highest BCUT2D eigenvalue weighted by Gasteiger charge is 2.13. The normalized spacial score (nSPS) is 17.5. The largest absolute Gasteiger partial charge is 0.369 e. The van der Waals surface area contributed by atoms with Crippen molar-refractivity contribution in [3.8, 4) is 12.3 Å². The number of anilines is 1. The summed E-state index contributed by atoms with van der Waals surface area (Å²) in [5.74, 6) is 2.68. The van der Waals surface area contributed by atoms with E-state index in [1.165, 1.54) is 5.69 Å². The molecule has 0 amide bonds. The van der Waals surface area contributed by atoms with Gasteiger partial charge in [0, 0.05) is 37.4 Å². The third-order valence-corrected chi connectivity index (χ3v) is 2.88. The maximum Gasteiger partial charge on any atom is 0.0379 e. The predicted molar refractivity (Wildman–Crippen MR) is 64.1 cm³/mol. The van der Waals surface area contributed by atoms with Crippen LogP contribution in [-0.2, 0) is 0 Å². The molecule has 1 saturated heterocycles. The van der Waals surface area contributed by atoms with Crippen molar-refractivity contribution < 1.29 is 0 Å². The molecule has 0 atom stereocenters. The van der Waals surface area contributed by atoms with Crippen LogP contribution in [0.1, 0.15) is 5.56 Å². The van der Waals surface area contributed by atoms with Crippen LogP contribution >= 0.6 is 0 Å². The van der Waals surface area contributed by atoms with Gasteiger partial charge >= 0.3 is 0 Å². The number of terminal acetylenes is 1. The summed E-state index contributed by atoms with van der Waals surface area (Å²) in [7, 11) is 2.16. The van der Waals surface area contributed by atoms with Crippen LogP contribution in [-0.4, -0.2) is 38.1 Å². The lowest BCUT2D eigenvalue weighted by Gasteiger charge is -2.34. The highest BCUT2D eigenvalue weighted by atomic mass is 15.2. The molecule has 2 rings (SSSR count). The Morgan fingerprint density at radius 1 is 1.20 bits per heavy atom. The van der Waals surface area contributed by atoms with E-state index in [1.807, 2.05) is 12.1 Å². The summed E-state index contributed by atoms with van der Waals surface area (Å²) in [5.41, 5.74) is 2.21. The van der Waals surface area contributed by atoms with Gasteiger partial charge < -0.3 is 9.80 Å². The fraction of sp³-hybridized carbons (Fsp3) is 0.385. The van der Waals surface area contributed by atoms with Crippen molar-refractivity contribution in [3.63, 3.8) is 0 Å². The molecule has 1 aliphatic rings. The summed E-state index contributed by atoms with van der Waals surface area (Å²) in [6, 6.07) is 8.22. The minimum atomic E-state index is 0.964. The lowest BCUT2D eigenvalue weighted by Crippen LogP contribution is -2.44. The van der Waals surface area contributed by atoms with Crippen LogP contribution < -0.4 is 4.90 Å². The Morgan fingerprint density at radius 2 is 1.93 bits per heavy atom. The zero-order chi connectivity index (χ0) is 10.7. The number of nitrogens with zero attached hydrogens (tertiary/aromatic N) is 2. The second-order valence-electron chi connectivity index (χ2n) is 3.98. The van der Waals surface area contributed by atoms with E-state index in [9.17, 15) is 0 Å². The molecule has 0 N–H and O–H groups in total. The smallest absolute Gasteiger partial charge is 0.0379 e. The highest BCUT2D eigenvalue weighted by molar-refractivity contribution is 5.52. The molecule has 1 fully saturated rings. The molecule has 0 saturated carbocycles. The van der Waals surface area contributed by atoms with E-state index in [2.05, 4.69) is 34.9 Å². The molecule has 1 aromatic rings. The molecule has 1 aliphatic heterocycles. The number of benzene rings is 1. The summed E-state index contributed by atoms with van der Waals surface area (Å²) >= 11 is 0. The van der Waals surface area contributed by atoms with Crippen molar-refractivity contribution in [1.29, 1.82) is 0 Å². The van der Waals surface area contributed by atoms with Gasteiger partial charge in [0.2, 0.25) is 0 Å². The molecule has 1 aromatic carbocycles. The summed E-state index contributed by atoms with van der Waals surface area (Å²) < 4.78 is 0. The summed E-state index contributed by atoms with van der Waals surface area (Å²) in [4.78, 5) is 4.74. The first-order valence-electron chi connectivity index (χ1n) is 5.30. The van der Waals surface area contributed by atoms with E-state index in [0.29, 0.717) is 0 Å². The zero-order valence-corrected chi connectivity index (χ0v) is 9.11. The van der Waals surface area contributed by atoms with E-state index in [1.54, 1.807) is 0 Å². The maximum atomic E-state index is 5.39. The number of rotatable bonds is 1. The fourth-order valence-corrected chi connectivity index (χ4v) is 1.86. The quantitative estimate of drug-likeness (QED) is 0.633. The summed E-state index contributed by atoms with van der Waals surface area (Å²) in [5, 5.41) is 0. The number of likely N-dealkylation sites (N-methyl/N-ethyl adjacent to an activating group) is 1. The Kier molecular flexibility index (Phi) is 2.94. The average molecular weight is 200 g/mol. The second-order valence-corrected chi connectivity index (χ2v) is 3.98. The van der Waals surface area contributed by atoms with Gasteiger partial charge in [-0.15, -0.1) is 6.42 Å².